The van der Waals surface area contributed by atoms with Crippen LogP contribution in [0.25, 0.3) is 0 Å². The fourth-order valence-corrected chi connectivity index (χ4v) is 3.51. The highest BCUT2D eigenvalue weighted by atomic mass is 35.5. The molecular weight excluding hydrogens is 422 g/mol. The van der Waals surface area contributed by atoms with Crippen molar-refractivity contribution in [2.75, 3.05) is 19.9 Å². The van der Waals surface area contributed by atoms with Gasteiger partial charge in [-0.25, -0.2) is 4.68 Å². The van der Waals surface area contributed by atoms with Gasteiger partial charge in [-0.05, 0) is 24.6 Å². The molecule has 1 aliphatic rings. The van der Waals surface area contributed by atoms with E-state index in [9.17, 15) is 9.90 Å². The van der Waals surface area contributed by atoms with E-state index in [0.29, 0.717) is 35.1 Å². The third kappa shape index (κ3) is 4.92. The molecule has 1 amide bonds. The summed E-state index contributed by atoms with van der Waals surface area (Å²) in [5, 5.41) is 17.5. The van der Waals surface area contributed by atoms with Crippen molar-refractivity contribution in [3.63, 3.8) is 0 Å². The molecule has 2 heterocycles. The second kappa shape index (κ2) is 9.28. The number of ether oxygens (including phenoxy) is 3. The van der Waals surface area contributed by atoms with Crippen LogP contribution in [0.5, 0.6) is 17.2 Å². The van der Waals surface area contributed by atoms with Crippen molar-refractivity contribution < 1.29 is 24.1 Å². The number of aliphatic hydroxyl groups excluding tert-OH is 1. The molecule has 9 heteroatoms. The Morgan fingerprint density at radius 3 is 2.84 bits per heavy atom. The summed E-state index contributed by atoms with van der Waals surface area (Å²) in [7, 11) is 0. The number of hydrogen-bond acceptors (Lipinski definition) is 6. The van der Waals surface area contributed by atoms with Crippen LogP contribution >= 0.6 is 11.6 Å². The molecule has 1 aliphatic heterocycles. The highest BCUT2D eigenvalue weighted by molar-refractivity contribution is 6.33. The minimum Gasteiger partial charge on any atom is -0.491 e. The summed E-state index contributed by atoms with van der Waals surface area (Å²) >= 11 is 6.41. The van der Waals surface area contributed by atoms with Gasteiger partial charge >= 0.3 is 0 Å². The Balaban J connectivity index is 1.31. The highest BCUT2D eigenvalue weighted by Gasteiger charge is 2.21. The highest BCUT2D eigenvalue weighted by Crippen LogP contribution is 2.35. The molecule has 0 radical (unpaired) electrons. The number of aromatic nitrogens is 2. The second-order valence-corrected chi connectivity index (χ2v) is 7.44. The molecular formula is C22H22ClN3O5. The molecule has 31 heavy (non-hydrogen) atoms. The zero-order chi connectivity index (χ0) is 21.8. The van der Waals surface area contributed by atoms with Gasteiger partial charge in [-0.2, -0.15) is 5.10 Å². The Labute approximate surface area is 184 Å². The zero-order valence-electron chi connectivity index (χ0n) is 16.9. The molecule has 162 valence electrons. The van der Waals surface area contributed by atoms with Crippen LogP contribution in [0.1, 0.15) is 21.6 Å². The van der Waals surface area contributed by atoms with Crippen molar-refractivity contribution in [1.29, 1.82) is 0 Å². The van der Waals surface area contributed by atoms with Crippen LogP contribution in [0.2, 0.25) is 5.15 Å². The van der Waals surface area contributed by atoms with Gasteiger partial charge in [0, 0.05) is 12.6 Å². The number of carbonyl (C=O) groups excluding carboxylic acids is 1. The van der Waals surface area contributed by atoms with Crippen LogP contribution in [0.4, 0.5) is 0 Å². The topological polar surface area (TPSA) is 94.8 Å². The number of carbonyl (C=O) groups is 1. The van der Waals surface area contributed by atoms with E-state index in [1.54, 1.807) is 29.8 Å². The van der Waals surface area contributed by atoms with E-state index in [0.717, 1.165) is 5.56 Å². The van der Waals surface area contributed by atoms with Crippen molar-refractivity contribution in [1.82, 2.24) is 15.1 Å². The summed E-state index contributed by atoms with van der Waals surface area (Å²) in [4.78, 5) is 12.6. The molecule has 0 saturated heterocycles. The number of benzene rings is 2. The Morgan fingerprint density at radius 1 is 1.26 bits per heavy atom. The fourth-order valence-electron chi connectivity index (χ4n) is 3.19. The molecule has 4 rings (SSSR count). The van der Waals surface area contributed by atoms with Gasteiger partial charge < -0.3 is 24.6 Å². The largest absolute Gasteiger partial charge is 0.491 e. The first kappa shape index (κ1) is 21.0. The third-order valence-corrected chi connectivity index (χ3v) is 5.14. The van der Waals surface area contributed by atoms with E-state index in [2.05, 4.69) is 10.4 Å². The lowest BCUT2D eigenvalue weighted by molar-refractivity contribution is 0.0843. The minimum absolute atomic E-state index is 0.0000921. The molecule has 8 nitrogen and oxygen atoms in total. The maximum Gasteiger partial charge on any atom is 0.256 e. The van der Waals surface area contributed by atoms with Gasteiger partial charge in [0.15, 0.2) is 11.5 Å². The lowest BCUT2D eigenvalue weighted by Crippen LogP contribution is -2.35. The molecule has 3 aromatic rings. The Morgan fingerprint density at radius 2 is 2.03 bits per heavy atom. The lowest BCUT2D eigenvalue weighted by atomic mass is 10.2. The first-order valence-electron chi connectivity index (χ1n) is 9.77. The van der Waals surface area contributed by atoms with Gasteiger partial charge in [-0.3, -0.25) is 4.79 Å². The number of amides is 1. The number of aliphatic hydroxyl groups is 1. The maximum atomic E-state index is 12.6. The summed E-state index contributed by atoms with van der Waals surface area (Å²) in [6.07, 6.45) is -0.909. The monoisotopic (exact) mass is 443 g/mol. The van der Waals surface area contributed by atoms with Crippen LogP contribution in [0, 0.1) is 6.92 Å². The average molecular weight is 444 g/mol. The van der Waals surface area contributed by atoms with Crippen molar-refractivity contribution in [2.45, 2.75) is 19.6 Å². The minimum atomic E-state index is -0.909. The van der Waals surface area contributed by atoms with E-state index >= 15 is 0 Å². The maximum absolute atomic E-state index is 12.6. The molecule has 0 saturated carbocycles. The average Bonchev–Trinajstić information content (AvgIpc) is 3.34. The van der Waals surface area contributed by atoms with Gasteiger partial charge in [0.25, 0.3) is 5.91 Å². The van der Waals surface area contributed by atoms with Crippen molar-refractivity contribution in [3.05, 3.63) is 70.5 Å². The predicted molar refractivity (Wildman–Crippen MR) is 114 cm³/mol. The van der Waals surface area contributed by atoms with Crippen molar-refractivity contribution in [3.8, 4) is 17.2 Å². The van der Waals surface area contributed by atoms with E-state index < -0.39 is 12.0 Å². The van der Waals surface area contributed by atoms with Gasteiger partial charge in [-0.15, -0.1) is 0 Å². The van der Waals surface area contributed by atoms with Crippen LogP contribution in [0.15, 0.2) is 48.5 Å². The SMILES string of the molecule is Cc1nn(Cc2ccccc2)c(Cl)c1C(=O)NCC(O)COc1ccc2c(c1)OCO2. The van der Waals surface area contributed by atoms with E-state index in [4.69, 9.17) is 25.8 Å². The molecule has 0 fully saturated rings. The number of halogens is 1. The molecule has 0 bridgehead atoms. The van der Waals surface area contributed by atoms with Gasteiger partial charge in [0.2, 0.25) is 6.79 Å². The van der Waals surface area contributed by atoms with Crippen LogP contribution in [-0.2, 0) is 6.54 Å². The third-order valence-electron chi connectivity index (χ3n) is 4.75. The Kier molecular flexibility index (Phi) is 6.29. The van der Waals surface area contributed by atoms with Crippen LogP contribution in [-0.4, -0.2) is 46.8 Å². The first-order chi connectivity index (χ1) is 15.0. The van der Waals surface area contributed by atoms with Gasteiger partial charge in [-0.1, -0.05) is 41.9 Å². The van der Waals surface area contributed by atoms with Crippen molar-refractivity contribution >= 4 is 17.5 Å². The van der Waals surface area contributed by atoms with E-state index in [-0.39, 0.29) is 25.1 Å². The molecule has 0 aliphatic carbocycles. The number of aryl methyl sites for hydroxylation is 1. The predicted octanol–water partition coefficient (Wildman–Crippen LogP) is 2.79. The first-order valence-corrected chi connectivity index (χ1v) is 10.1. The van der Waals surface area contributed by atoms with Gasteiger partial charge in [0.05, 0.1) is 17.8 Å². The summed E-state index contributed by atoms with van der Waals surface area (Å²) in [6, 6.07) is 14.9. The summed E-state index contributed by atoms with van der Waals surface area (Å²) in [6.45, 7) is 2.36. The summed E-state index contributed by atoms with van der Waals surface area (Å²) in [5.41, 5.74) is 1.83. The number of fused-ring (bicyclic) bond motifs is 1. The molecule has 2 aromatic carbocycles. The number of nitrogens with zero attached hydrogens (tertiary/aromatic N) is 2. The van der Waals surface area contributed by atoms with Gasteiger partial charge in [0.1, 0.15) is 23.6 Å². The number of rotatable bonds is 8. The lowest BCUT2D eigenvalue weighted by Gasteiger charge is -2.13. The van der Waals surface area contributed by atoms with Crippen molar-refractivity contribution in [2.24, 2.45) is 0 Å². The Bertz CT molecular complexity index is 1070. The normalized spacial score (nSPS) is 13.1. The zero-order valence-corrected chi connectivity index (χ0v) is 17.6. The molecule has 0 spiro atoms. The smallest absolute Gasteiger partial charge is 0.256 e. The number of hydrogen-bond donors (Lipinski definition) is 2. The molecule has 1 aromatic heterocycles. The number of nitrogens with one attached hydrogen (secondary N) is 1. The van der Waals surface area contributed by atoms with Crippen LogP contribution < -0.4 is 19.5 Å². The second-order valence-electron chi connectivity index (χ2n) is 7.08. The van der Waals surface area contributed by atoms with Crippen LogP contribution in [0.3, 0.4) is 0 Å². The molecule has 1 unspecified atom stereocenters. The summed E-state index contributed by atoms with van der Waals surface area (Å²) < 4.78 is 17.7. The van der Waals surface area contributed by atoms with E-state index in [1.165, 1.54) is 0 Å². The van der Waals surface area contributed by atoms with E-state index in [1.807, 2.05) is 30.3 Å². The standard InChI is InChI=1S/C22H22ClN3O5/c1-14-20(21(23)26(25-14)11-15-5-3-2-4-6-15)22(28)24-10-16(27)12-29-17-7-8-18-19(9-17)31-13-30-18/h2-9,16,27H,10-13H2,1H3,(H,24,28). The fraction of sp³-hybridized carbons (Fsp3) is 0.273. The molecule has 2 N–H and O–H groups in total. The Hall–Kier alpha value is -3.23. The summed E-state index contributed by atoms with van der Waals surface area (Å²) in [5.74, 6) is 1.39. The quantitative estimate of drug-likeness (QED) is 0.556. The molecule has 1 atom stereocenters.